The Balaban J connectivity index is 1.35. The highest BCUT2D eigenvalue weighted by molar-refractivity contribution is 5.87. The number of benzene rings is 1. The van der Waals surface area contributed by atoms with Crippen LogP contribution in [0.15, 0.2) is 42.9 Å². The molecule has 3 N–H and O–H groups in total. The molecule has 1 fully saturated rings. The lowest BCUT2D eigenvalue weighted by Gasteiger charge is -2.34. The van der Waals surface area contributed by atoms with Gasteiger partial charge < -0.3 is 20.5 Å². The summed E-state index contributed by atoms with van der Waals surface area (Å²) in [5.74, 6) is 0.513. The maximum atomic E-state index is 12.9. The molecular formula is C19H21FN6O. The zero-order valence-electron chi connectivity index (χ0n) is 14.8. The zero-order chi connectivity index (χ0) is 18.6. The number of rotatable bonds is 5. The van der Waals surface area contributed by atoms with Crippen molar-refractivity contribution < 1.29 is 9.18 Å². The van der Waals surface area contributed by atoms with Gasteiger partial charge in [-0.15, -0.1) is 0 Å². The van der Waals surface area contributed by atoms with E-state index < -0.39 is 0 Å². The second kappa shape index (κ2) is 7.61. The fraction of sp³-hybridized carbons (Fsp3) is 0.316. The van der Waals surface area contributed by atoms with Crippen LogP contribution in [0.4, 0.5) is 15.9 Å². The number of carbonyl (C=O) groups is 1. The van der Waals surface area contributed by atoms with Crippen LogP contribution in [0.3, 0.4) is 0 Å². The Labute approximate surface area is 156 Å². The number of nitrogens with zero attached hydrogens (tertiary/aromatic N) is 3. The van der Waals surface area contributed by atoms with Crippen molar-refractivity contribution in [2.24, 2.45) is 0 Å². The van der Waals surface area contributed by atoms with Crippen molar-refractivity contribution in [1.82, 2.24) is 20.3 Å². The van der Waals surface area contributed by atoms with Gasteiger partial charge >= 0.3 is 0 Å². The van der Waals surface area contributed by atoms with Crippen LogP contribution in [-0.2, 0) is 4.79 Å². The first-order valence-corrected chi connectivity index (χ1v) is 9.01. The molecule has 0 spiro atoms. The van der Waals surface area contributed by atoms with Gasteiger partial charge in [-0.2, -0.15) is 0 Å². The first kappa shape index (κ1) is 17.3. The van der Waals surface area contributed by atoms with E-state index in [0.29, 0.717) is 12.2 Å². The van der Waals surface area contributed by atoms with E-state index in [9.17, 15) is 9.18 Å². The Hall–Kier alpha value is -3.16. The molecule has 0 radical (unpaired) electrons. The van der Waals surface area contributed by atoms with Crippen molar-refractivity contribution >= 4 is 28.4 Å². The quantitative estimate of drug-likeness (QED) is 0.643. The highest BCUT2D eigenvalue weighted by Gasteiger charge is 2.23. The first-order chi connectivity index (χ1) is 13.2. The summed E-state index contributed by atoms with van der Waals surface area (Å²) in [5.41, 5.74) is 1.53. The summed E-state index contributed by atoms with van der Waals surface area (Å²) in [6.45, 7) is 1.76. The van der Waals surface area contributed by atoms with Crippen LogP contribution < -0.4 is 15.5 Å². The number of fused-ring (bicyclic) bond motifs is 1. The van der Waals surface area contributed by atoms with E-state index >= 15 is 0 Å². The third-order valence-corrected chi connectivity index (χ3v) is 4.72. The smallest absolute Gasteiger partial charge is 0.239 e. The van der Waals surface area contributed by atoms with E-state index in [1.165, 1.54) is 12.1 Å². The summed E-state index contributed by atoms with van der Waals surface area (Å²) in [6, 6.07) is 7.99. The van der Waals surface area contributed by atoms with Crippen LogP contribution in [0.2, 0.25) is 0 Å². The molecule has 0 saturated carbocycles. The molecule has 1 aromatic carbocycles. The van der Waals surface area contributed by atoms with Crippen LogP contribution in [0.1, 0.15) is 12.8 Å². The molecule has 3 aromatic rings. The van der Waals surface area contributed by atoms with Crippen molar-refractivity contribution in [3.8, 4) is 0 Å². The summed E-state index contributed by atoms with van der Waals surface area (Å²) < 4.78 is 12.9. The number of halogens is 1. The molecule has 3 heterocycles. The largest absolute Gasteiger partial charge is 0.376 e. The minimum atomic E-state index is -0.298. The van der Waals surface area contributed by atoms with Gasteiger partial charge in [0.25, 0.3) is 0 Å². The summed E-state index contributed by atoms with van der Waals surface area (Å²) in [4.78, 5) is 26.2. The number of anilines is 2. The van der Waals surface area contributed by atoms with E-state index in [4.69, 9.17) is 0 Å². The molecule has 1 aliphatic rings. The maximum Gasteiger partial charge on any atom is 0.239 e. The van der Waals surface area contributed by atoms with Crippen LogP contribution >= 0.6 is 0 Å². The van der Waals surface area contributed by atoms with E-state index in [-0.39, 0.29) is 24.3 Å². The average Bonchev–Trinajstić information content (AvgIpc) is 3.16. The Morgan fingerprint density at radius 1 is 1.26 bits per heavy atom. The molecule has 140 valence electrons. The molecule has 1 aliphatic heterocycles. The average molecular weight is 368 g/mol. The fourth-order valence-corrected chi connectivity index (χ4v) is 3.43. The number of hydrogen-bond donors (Lipinski definition) is 3. The molecule has 0 aliphatic carbocycles. The lowest BCUT2D eigenvalue weighted by atomic mass is 10.1. The first-order valence-electron chi connectivity index (χ1n) is 9.01. The third-order valence-electron chi connectivity index (χ3n) is 4.72. The topological polar surface area (TPSA) is 85.9 Å². The number of hydrogen-bond acceptors (Lipinski definition) is 5. The summed E-state index contributed by atoms with van der Waals surface area (Å²) in [6.07, 6.45) is 5.32. The summed E-state index contributed by atoms with van der Waals surface area (Å²) in [7, 11) is 0. The number of carbonyl (C=O) groups excluding carboxylic acids is 1. The second-order valence-corrected chi connectivity index (χ2v) is 6.65. The third kappa shape index (κ3) is 3.99. The van der Waals surface area contributed by atoms with Crippen molar-refractivity contribution in [2.45, 2.75) is 18.9 Å². The predicted octanol–water partition coefficient (Wildman–Crippen LogP) is 2.29. The number of aromatic amines is 1. The van der Waals surface area contributed by atoms with Gasteiger partial charge in [-0.05, 0) is 43.2 Å². The van der Waals surface area contributed by atoms with E-state index in [0.717, 1.165) is 36.2 Å². The Morgan fingerprint density at radius 3 is 2.96 bits per heavy atom. The van der Waals surface area contributed by atoms with Gasteiger partial charge in [-0.3, -0.25) is 4.79 Å². The number of amides is 1. The van der Waals surface area contributed by atoms with Crippen LogP contribution in [-0.4, -0.2) is 46.5 Å². The summed E-state index contributed by atoms with van der Waals surface area (Å²) in [5, 5.41) is 7.07. The number of nitrogens with one attached hydrogen (secondary N) is 3. The number of aromatic nitrogens is 3. The monoisotopic (exact) mass is 368 g/mol. The normalized spacial score (nSPS) is 17.1. The van der Waals surface area contributed by atoms with Crippen molar-refractivity contribution in [3.63, 3.8) is 0 Å². The SMILES string of the molecule is O=C(CNc1ccc(F)cc1)N[C@H]1CCCN(c2ncnc3[nH]ccc23)C1. The summed E-state index contributed by atoms with van der Waals surface area (Å²) >= 11 is 0. The minimum absolute atomic E-state index is 0.0604. The van der Waals surface area contributed by atoms with Crippen LogP contribution in [0.5, 0.6) is 0 Å². The minimum Gasteiger partial charge on any atom is -0.376 e. The molecule has 7 nitrogen and oxygen atoms in total. The van der Waals surface area contributed by atoms with Crippen molar-refractivity contribution in [3.05, 3.63) is 48.7 Å². The van der Waals surface area contributed by atoms with Gasteiger partial charge in [0, 0.05) is 31.0 Å². The predicted molar refractivity (Wildman–Crippen MR) is 102 cm³/mol. The van der Waals surface area contributed by atoms with Gasteiger partial charge in [0.1, 0.15) is 23.6 Å². The van der Waals surface area contributed by atoms with Crippen LogP contribution in [0, 0.1) is 5.82 Å². The Kier molecular flexibility index (Phi) is 4.86. The van der Waals surface area contributed by atoms with Gasteiger partial charge in [-0.1, -0.05) is 0 Å². The Morgan fingerprint density at radius 2 is 2.11 bits per heavy atom. The molecule has 0 unspecified atom stereocenters. The maximum absolute atomic E-state index is 12.9. The molecule has 1 atom stereocenters. The Bertz CT molecular complexity index is 925. The molecule has 4 rings (SSSR count). The lowest BCUT2D eigenvalue weighted by molar-refractivity contribution is -0.120. The number of H-pyrrole nitrogens is 1. The molecule has 1 amide bonds. The zero-order valence-corrected chi connectivity index (χ0v) is 14.8. The van der Waals surface area contributed by atoms with Gasteiger partial charge in [0.2, 0.25) is 5.91 Å². The van der Waals surface area contributed by atoms with Crippen molar-refractivity contribution in [1.29, 1.82) is 0 Å². The van der Waals surface area contributed by atoms with Gasteiger partial charge in [-0.25, -0.2) is 14.4 Å². The number of piperidine rings is 1. The highest BCUT2D eigenvalue weighted by Crippen LogP contribution is 2.25. The highest BCUT2D eigenvalue weighted by atomic mass is 19.1. The van der Waals surface area contributed by atoms with E-state index in [1.807, 2.05) is 12.3 Å². The van der Waals surface area contributed by atoms with Gasteiger partial charge in [0.05, 0.1) is 11.9 Å². The molecule has 8 heteroatoms. The van der Waals surface area contributed by atoms with E-state index in [2.05, 4.69) is 30.5 Å². The molecule has 1 saturated heterocycles. The van der Waals surface area contributed by atoms with Crippen LogP contribution in [0.25, 0.3) is 11.0 Å². The molecule has 0 bridgehead atoms. The van der Waals surface area contributed by atoms with Crippen molar-refractivity contribution in [2.75, 3.05) is 29.9 Å². The van der Waals surface area contributed by atoms with E-state index in [1.54, 1.807) is 18.5 Å². The lowest BCUT2D eigenvalue weighted by Crippen LogP contribution is -2.49. The standard InChI is InChI=1S/C19H21FN6O/c20-13-3-5-14(6-4-13)22-10-17(27)25-15-2-1-9-26(11-15)19-16-7-8-21-18(16)23-12-24-19/h3-8,12,15,22H,1-2,9-11H2,(H,25,27)(H,21,23,24)/t15-/m0/s1. The fourth-order valence-electron chi connectivity index (χ4n) is 3.43. The molecular weight excluding hydrogens is 347 g/mol. The second-order valence-electron chi connectivity index (χ2n) is 6.65. The molecule has 2 aromatic heterocycles. The molecule has 27 heavy (non-hydrogen) atoms. The van der Waals surface area contributed by atoms with Gasteiger partial charge in [0.15, 0.2) is 0 Å².